The lowest BCUT2D eigenvalue weighted by atomic mass is 9.77. The molecule has 1 aromatic heterocycles. The van der Waals surface area contributed by atoms with E-state index in [2.05, 4.69) is 9.97 Å². The van der Waals surface area contributed by atoms with Gasteiger partial charge in [-0.2, -0.15) is 8.78 Å². The van der Waals surface area contributed by atoms with Crippen LogP contribution in [0.15, 0.2) is 30.4 Å². The summed E-state index contributed by atoms with van der Waals surface area (Å²) >= 11 is 6.19. The average molecular weight is 676 g/mol. The zero-order valence-corrected chi connectivity index (χ0v) is 28.8. The highest BCUT2D eigenvalue weighted by atomic mass is 35.5. The van der Waals surface area contributed by atoms with Crippen LogP contribution in [-0.2, 0) is 29.8 Å². The van der Waals surface area contributed by atoms with Crippen molar-refractivity contribution in [2.75, 3.05) is 6.54 Å². The van der Waals surface area contributed by atoms with E-state index in [4.69, 9.17) is 25.8 Å². The lowest BCUT2D eigenvalue weighted by Crippen LogP contribution is -2.50. The first-order chi connectivity index (χ1) is 21.8. The Bertz CT molecular complexity index is 1570. The molecule has 0 spiro atoms. The van der Waals surface area contributed by atoms with Gasteiger partial charge < -0.3 is 19.1 Å². The maximum atomic E-state index is 15.9. The standard InChI is InChI=1S/C35H44ClF2N3O6/c1-19-26-18-41(28(19)32(44)47-34(5,6)7)31(43)22(33(2,3)4)17-27(42)45-25-15-20(25)11-9-8-10-14-35(37,38)29-30(46-26)40-24-16-21(36)12-13-23(24)39-29/h10,12-14,16,19-20,22,25-26,28H,8-9,11,15,17-18H2,1-7H3/b14-10+/t19-,20-,22-,25-,26+,28+/m1/s1. The Balaban J connectivity index is 1.60. The molecule has 6 atom stereocenters. The van der Waals surface area contributed by atoms with E-state index >= 15 is 8.78 Å². The van der Waals surface area contributed by atoms with Crippen LogP contribution >= 0.6 is 11.6 Å². The molecule has 3 heterocycles. The molecule has 1 saturated heterocycles. The molecule has 12 heteroatoms. The first kappa shape index (κ1) is 35.0. The lowest BCUT2D eigenvalue weighted by Gasteiger charge is -2.35. The minimum absolute atomic E-state index is 0.133. The van der Waals surface area contributed by atoms with Crippen molar-refractivity contribution < 1.29 is 37.4 Å². The number of esters is 2. The SMILES string of the molecule is C[C@@H]1[C@@H]2CN(C(=O)[C@H](C(C)(C)C)CC(=O)O[C@@H]3C[C@H]3CCC/C=C/C(F)(F)c3nc4ccc(Cl)cc4nc3O2)[C@@H]1C(=O)OC(C)(C)C. The van der Waals surface area contributed by atoms with E-state index in [9.17, 15) is 14.4 Å². The van der Waals surface area contributed by atoms with Crippen LogP contribution in [0.2, 0.25) is 5.02 Å². The Morgan fingerprint density at radius 2 is 1.79 bits per heavy atom. The van der Waals surface area contributed by atoms with E-state index in [-0.39, 0.29) is 36.0 Å². The van der Waals surface area contributed by atoms with Crippen molar-refractivity contribution in [3.63, 3.8) is 0 Å². The summed E-state index contributed by atoms with van der Waals surface area (Å²) in [4.78, 5) is 51.3. The highest BCUT2D eigenvalue weighted by Gasteiger charge is 2.52. The first-order valence-electron chi connectivity index (χ1n) is 16.3. The van der Waals surface area contributed by atoms with E-state index in [1.54, 1.807) is 33.8 Å². The van der Waals surface area contributed by atoms with Crippen LogP contribution in [0.4, 0.5) is 8.78 Å². The zero-order chi connectivity index (χ0) is 34.5. The molecule has 1 aromatic carbocycles. The second kappa shape index (κ2) is 12.9. The van der Waals surface area contributed by atoms with Crippen molar-refractivity contribution in [1.29, 1.82) is 0 Å². The molecule has 1 amide bonds. The van der Waals surface area contributed by atoms with Crippen molar-refractivity contribution in [2.24, 2.45) is 23.2 Å². The highest BCUT2D eigenvalue weighted by molar-refractivity contribution is 6.31. The van der Waals surface area contributed by atoms with Gasteiger partial charge >= 0.3 is 17.9 Å². The summed E-state index contributed by atoms with van der Waals surface area (Å²) in [5.74, 6) is -6.94. The van der Waals surface area contributed by atoms with Crippen LogP contribution in [0.3, 0.4) is 0 Å². The Morgan fingerprint density at radius 3 is 2.47 bits per heavy atom. The third kappa shape index (κ3) is 8.04. The fourth-order valence-corrected chi connectivity index (χ4v) is 6.48. The number of rotatable bonds is 1. The number of fused-ring (bicyclic) bond motifs is 5. The topological polar surface area (TPSA) is 108 Å². The number of carbonyl (C=O) groups is 3. The van der Waals surface area contributed by atoms with Crippen LogP contribution in [0.25, 0.3) is 11.0 Å². The zero-order valence-electron chi connectivity index (χ0n) is 28.0. The Morgan fingerprint density at radius 1 is 1.06 bits per heavy atom. The number of hydrogen-bond acceptors (Lipinski definition) is 8. The Kier molecular flexibility index (Phi) is 9.63. The second-order valence-corrected chi connectivity index (χ2v) is 15.5. The normalized spacial score (nSPS) is 29.4. The molecule has 5 rings (SSSR count). The molecule has 9 nitrogen and oxygen atoms in total. The van der Waals surface area contributed by atoms with E-state index < -0.39 is 70.3 Å². The lowest BCUT2D eigenvalue weighted by molar-refractivity contribution is -0.166. The van der Waals surface area contributed by atoms with Gasteiger partial charge in [0, 0.05) is 10.9 Å². The number of aromatic nitrogens is 2. The van der Waals surface area contributed by atoms with Gasteiger partial charge in [-0.1, -0.05) is 45.4 Å². The molecular weight excluding hydrogens is 632 g/mol. The maximum Gasteiger partial charge on any atom is 0.329 e. The molecule has 0 radical (unpaired) electrons. The van der Waals surface area contributed by atoms with Crippen LogP contribution in [-0.4, -0.2) is 63.1 Å². The largest absolute Gasteiger partial charge is 0.471 e. The number of allylic oxidation sites excluding steroid dienone is 2. The van der Waals surface area contributed by atoms with Crippen molar-refractivity contribution in [3.8, 4) is 5.88 Å². The van der Waals surface area contributed by atoms with Crippen LogP contribution in [0.5, 0.6) is 5.88 Å². The number of alkyl halides is 2. The van der Waals surface area contributed by atoms with Gasteiger partial charge in [0.05, 0.1) is 29.9 Å². The fourth-order valence-electron chi connectivity index (χ4n) is 6.31. The summed E-state index contributed by atoms with van der Waals surface area (Å²) < 4.78 is 49.5. The minimum atomic E-state index is -3.55. The quantitative estimate of drug-likeness (QED) is 0.234. The summed E-state index contributed by atoms with van der Waals surface area (Å²) in [7, 11) is 0. The molecule has 2 aliphatic heterocycles. The van der Waals surface area contributed by atoms with Crippen LogP contribution in [0, 0.1) is 23.2 Å². The monoisotopic (exact) mass is 675 g/mol. The van der Waals surface area contributed by atoms with Crippen molar-refractivity contribution in [3.05, 3.63) is 41.1 Å². The van der Waals surface area contributed by atoms with Gasteiger partial charge in [0.25, 0.3) is 0 Å². The summed E-state index contributed by atoms with van der Waals surface area (Å²) in [6, 6.07) is 3.45. The number of hydrogen-bond donors (Lipinski definition) is 0. The first-order valence-corrected chi connectivity index (χ1v) is 16.6. The van der Waals surface area contributed by atoms with Crippen molar-refractivity contribution in [2.45, 2.75) is 110 Å². The second-order valence-electron chi connectivity index (χ2n) is 15.1. The molecule has 1 saturated carbocycles. The number of amides is 1. The van der Waals surface area contributed by atoms with Gasteiger partial charge in [-0.3, -0.25) is 9.59 Å². The van der Waals surface area contributed by atoms with E-state index in [1.165, 1.54) is 23.1 Å². The van der Waals surface area contributed by atoms with E-state index in [0.717, 1.165) is 6.08 Å². The molecule has 2 bridgehead atoms. The molecule has 1 aliphatic carbocycles. The number of nitrogens with zero attached hydrogens (tertiary/aromatic N) is 3. The fraction of sp³-hybridized carbons (Fsp3) is 0.629. The molecule has 47 heavy (non-hydrogen) atoms. The minimum Gasteiger partial charge on any atom is -0.471 e. The molecule has 2 fully saturated rings. The van der Waals surface area contributed by atoms with Gasteiger partial charge in [-0.25, -0.2) is 14.8 Å². The average Bonchev–Trinajstić information content (AvgIpc) is 3.59. The molecular formula is C35H44ClF2N3O6. The Labute approximate surface area is 279 Å². The van der Waals surface area contributed by atoms with Crippen LogP contribution < -0.4 is 4.74 Å². The Hall–Kier alpha value is -3.34. The summed E-state index contributed by atoms with van der Waals surface area (Å²) in [5, 5.41) is 0.343. The van der Waals surface area contributed by atoms with Crippen molar-refractivity contribution >= 4 is 40.5 Å². The molecule has 0 unspecified atom stereocenters. The highest BCUT2D eigenvalue weighted by Crippen LogP contribution is 2.42. The van der Waals surface area contributed by atoms with E-state index in [1.807, 2.05) is 20.8 Å². The number of halogens is 3. The number of carbonyl (C=O) groups excluding carboxylic acids is 3. The van der Waals surface area contributed by atoms with E-state index in [0.29, 0.717) is 30.7 Å². The molecule has 0 N–H and O–H groups in total. The van der Waals surface area contributed by atoms with Gasteiger partial charge in [-0.15, -0.1) is 0 Å². The maximum absolute atomic E-state index is 15.9. The smallest absolute Gasteiger partial charge is 0.329 e. The van der Waals surface area contributed by atoms with Gasteiger partial charge in [-0.05, 0) is 82.1 Å². The summed E-state index contributed by atoms with van der Waals surface area (Å²) in [6.45, 7) is 12.3. The number of benzene rings is 1. The molecule has 2 aromatic rings. The van der Waals surface area contributed by atoms with Crippen LogP contribution in [0.1, 0.15) is 86.3 Å². The molecule has 256 valence electrons. The van der Waals surface area contributed by atoms with Gasteiger partial charge in [0.15, 0.2) is 5.69 Å². The number of ether oxygens (including phenoxy) is 3. The molecule has 3 aliphatic rings. The third-order valence-corrected chi connectivity index (χ3v) is 9.26. The predicted molar refractivity (Wildman–Crippen MR) is 172 cm³/mol. The predicted octanol–water partition coefficient (Wildman–Crippen LogP) is 7.04. The van der Waals surface area contributed by atoms with Gasteiger partial charge in [0.2, 0.25) is 11.8 Å². The van der Waals surface area contributed by atoms with Crippen molar-refractivity contribution in [1.82, 2.24) is 14.9 Å². The van der Waals surface area contributed by atoms with Gasteiger partial charge in [0.1, 0.15) is 23.9 Å². The third-order valence-electron chi connectivity index (χ3n) is 9.03. The summed E-state index contributed by atoms with van der Waals surface area (Å²) in [5.41, 5.74) is -1.76. The summed E-state index contributed by atoms with van der Waals surface area (Å²) in [6.07, 6.45) is 3.30.